The van der Waals surface area contributed by atoms with Gasteiger partial charge in [0.1, 0.15) is 5.56 Å². The van der Waals surface area contributed by atoms with E-state index in [9.17, 15) is 9.59 Å². The van der Waals surface area contributed by atoms with Crippen molar-refractivity contribution in [1.82, 2.24) is 4.90 Å². The van der Waals surface area contributed by atoms with Crippen LogP contribution in [0.1, 0.15) is 15.2 Å². The highest BCUT2D eigenvalue weighted by molar-refractivity contribution is 7.09. The van der Waals surface area contributed by atoms with E-state index in [-0.39, 0.29) is 16.3 Å². The zero-order valence-corrected chi connectivity index (χ0v) is 12.7. The van der Waals surface area contributed by atoms with E-state index in [0.717, 1.165) is 4.88 Å². The molecule has 0 atom stereocenters. The average molecular weight is 325 g/mol. The number of nitrogens with zero attached hydrogens (tertiary/aromatic N) is 1. The van der Waals surface area contributed by atoms with Crippen molar-refractivity contribution in [2.75, 3.05) is 12.4 Å². The van der Waals surface area contributed by atoms with Gasteiger partial charge in [0.05, 0.1) is 17.3 Å². The Labute approximate surface area is 130 Å². The molecule has 0 fully saturated rings. The molecule has 2 rings (SSSR count). The molecule has 21 heavy (non-hydrogen) atoms. The van der Waals surface area contributed by atoms with Crippen LogP contribution in [0.2, 0.25) is 5.02 Å². The Morgan fingerprint density at radius 2 is 2.10 bits per heavy atom. The lowest BCUT2D eigenvalue weighted by molar-refractivity contribution is 0.0698. The van der Waals surface area contributed by atoms with Crippen LogP contribution in [-0.4, -0.2) is 29.1 Å². The number of hydrogen-bond acceptors (Lipinski definition) is 3. The van der Waals surface area contributed by atoms with Gasteiger partial charge in [-0.05, 0) is 23.6 Å². The summed E-state index contributed by atoms with van der Waals surface area (Å²) < 4.78 is 0. The Balaban J connectivity index is 2.12. The topological polar surface area (TPSA) is 69.6 Å². The summed E-state index contributed by atoms with van der Waals surface area (Å²) in [6, 6.07) is 8.00. The molecule has 2 N–H and O–H groups in total. The summed E-state index contributed by atoms with van der Waals surface area (Å²) in [5.74, 6) is -1.18. The van der Waals surface area contributed by atoms with E-state index in [2.05, 4.69) is 5.32 Å². The number of carbonyl (C=O) groups is 2. The first-order valence-electron chi connectivity index (χ1n) is 6.05. The SMILES string of the molecule is CN(Cc1cccs1)C(=O)Nc1cccc(Cl)c1C(=O)O. The number of carboxylic acid groups (broad SMARTS) is 1. The predicted octanol–water partition coefficient (Wildman–Crippen LogP) is 3.76. The van der Waals surface area contributed by atoms with Crippen LogP contribution in [-0.2, 0) is 6.54 Å². The molecular weight excluding hydrogens is 312 g/mol. The number of rotatable bonds is 4. The van der Waals surface area contributed by atoms with Gasteiger partial charge < -0.3 is 15.3 Å². The second-order valence-corrected chi connectivity index (χ2v) is 5.77. The molecule has 110 valence electrons. The molecule has 5 nitrogen and oxygen atoms in total. The van der Waals surface area contributed by atoms with Crippen molar-refractivity contribution in [2.45, 2.75) is 6.54 Å². The molecule has 7 heteroatoms. The molecule has 0 aliphatic heterocycles. The van der Waals surface area contributed by atoms with E-state index in [4.69, 9.17) is 16.7 Å². The molecule has 0 aliphatic carbocycles. The van der Waals surface area contributed by atoms with Crippen molar-refractivity contribution >= 4 is 40.6 Å². The number of thiophene rings is 1. The Bertz CT molecular complexity index is 658. The maximum atomic E-state index is 12.1. The zero-order valence-electron chi connectivity index (χ0n) is 11.2. The quantitative estimate of drug-likeness (QED) is 0.899. The van der Waals surface area contributed by atoms with Crippen LogP contribution in [0, 0.1) is 0 Å². The van der Waals surface area contributed by atoms with Gasteiger partial charge in [0, 0.05) is 11.9 Å². The molecule has 1 aromatic carbocycles. The maximum Gasteiger partial charge on any atom is 0.339 e. The van der Waals surface area contributed by atoms with Gasteiger partial charge in [-0.3, -0.25) is 0 Å². The Morgan fingerprint density at radius 3 is 2.71 bits per heavy atom. The molecule has 0 unspecified atom stereocenters. The second kappa shape index (κ2) is 6.60. The Kier molecular flexibility index (Phi) is 4.82. The minimum atomic E-state index is -1.18. The predicted molar refractivity (Wildman–Crippen MR) is 83.2 cm³/mol. The molecule has 2 amide bonds. The van der Waals surface area contributed by atoms with E-state index in [0.29, 0.717) is 6.54 Å². The van der Waals surface area contributed by atoms with Gasteiger partial charge in [0.2, 0.25) is 0 Å². The molecule has 0 saturated heterocycles. The highest BCUT2D eigenvalue weighted by atomic mass is 35.5. The zero-order chi connectivity index (χ0) is 15.4. The highest BCUT2D eigenvalue weighted by Gasteiger charge is 2.17. The molecular formula is C14H13ClN2O3S. The van der Waals surface area contributed by atoms with E-state index >= 15 is 0 Å². The van der Waals surface area contributed by atoms with Crippen LogP contribution < -0.4 is 5.32 Å². The van der Waals surface area contributed by atoms with E-state index in [1.807, 2.05) is 17.5 Å². The van der Waals surface area contributed by atoms with E-state index in [1.165, 1.54) is 17.0 Å². The summed E-state index contributed by atoms with van der Waals surface area (Å²) in [6.45, 7) is 0.451. The Hall–Kier alpha value is -2.05. The summed E-state index contributed by atoms with van der Waals surface area (Å²) in [5.41, 5.74) is 0.0649. The smallest absolute Gasteiger partial charge is 0.339 e. The number of anilines is 1. The molecule has 0 aliphatic rings. The van der Waals surface area contributed by atoms with Gasteiger partial charge in [0.25, 0.3) is 0 Å². The van der Waals surface area contributed by atoms with Crippen LogP contribution in [0.25, 0.3) is 0 Å². The number of aromatic carboxylic acids is 1. The standard InChI is InChI=1S/C14H13ClN2O3S/c1-17(8-9-4-3-7-21-9)14(20)16-11-6-2-5-10(15)12(11)13(18)19/h2-7H,8H2,1H3,(H,16,20)(H,18,19). The lowest BCUT2D eigenvalue weighted by Crippen LogP contribution is -2.31. The molecule has 1 heterocycles. The third-order valence-electron chi connectivity index (χ3n) is 2.79. The number of amides is 2. The lowest BCUT2D eigenvalue weighted by Gasteiger charge is -2.18. The largest absolute Gasteiger partial charge is 0.478 e. The third-order valence-corrected chi connectivity index (χ3v) is 3.97. The number of benzene rings is 1. The maximum absolute atomic E-state index is 12.1. The number of urea groups is 1. The molecule has 0 bridgehead atoms. The van der Waals surface area contributed by atoms with E-state index < -0.39 is 12.0 Å². The van der Waals surface area contributed by atoms with Crippen LogP contribution in [0.5, 0.6) is 0 Å². The fourth-order valence-corrected chi connectivity index (χ4v) is 2.78. The fourth-order valence-electron chi connectivity index (χ4n) is 1.76. The summed E-state index contributed by atoms with van der Waals surface area (Å²) in [4.78, 5) is 25.8. The molecule has 1 aromatic heterocycles. The van der Waals surface area contributed by atoms with Crippen molar-refractivity contribution in [1.29, 1.82) is 0 Å². The molecule has 0 saturated carbocycles. The van der Waals surface area contributed by atoms with Crippen molar-refractivity contribution in [2.24, 2.45) is 0 Å². The number of carboxylic acids is 1. The van der Waals surface area contributed by atoms with Gasteiger partial charge in [0.15, 0.2) is 0 Å². The number of hydrogen-bond donors (Lipinski definition) is 2. The fraction of sp³-hybridized carbons (Fsp3) is 0.143. The van der Waals surface area contributed by atoms with E-state index in [1.54, 1.807) is 24.5 Å². The highest BCUT2D eigenvalue weighted by Crippen LogP contribution is 2.24. The number of carbonyl (C=O) groups excluding carboxylic acids is 1. The minimum Gasteiger partial charge on any atom is -0.478 e. The van der Waals surface area contributed by atoms with Crippen molar-refractivity contribution in [3.63, 3.8) is 0 Å². The van der Waals surface area contributed by atoms with Gasteiger partial charge in [-0.1, -0.05) is 23.7 Å². The Morgan fingerprint density at radius 1 is 1.33 bits per heavy atom. The molecule has 0 spiro atoms. The van der Waals surface area contributed by atoms with Crippen molar-refractivity contribution in [3.8, 4) is 0 Å². The van der Waals surface area contributed by atoms with Crippen LogP contribution in [0.15, 0.2) is 35.7 Å². The van der Waals surface area contributed by atoms with Gasteiger partial charge in [-0.2, -0.15) is 0 Å². The van der Waals surface area contributed by atoms with Crippen molar-refractivity contribution < 1.29 is 14.7 Å². The van der Waals surface area contributed by atoms with Crippen LogP contribution >= 0.6 is 22.9 Å². The first-order chi connectivity index (χ1) is 9.99. The lowest BCUT2D eigenvalue weighted by atomic mass is 10.2. The number of nitrogens with one attached hydrogen (secondary N) is 1. The second-order valence-electron chi connectivity index (χ2n) is 4.33. The first-order valence-corrected chi connectivity index (χ1v) is 7.31. The average Bonchev–Trinajstić information content (AvgIpc) is 2.91. The third kappa shape index (κ3) is 3.74. The van der Waals surface area contributed by atoms with Crippen LogP contribution in [0.4, 0.5) is 10.5 Å². The summed E-state index contributed by atoms with van der Waals surface area (Å²) >= 11 is 7.41. The first kappa shape index (κ1) is 15.3. The normalized spacial score (nSPS) is 10.2. The van der Waals surface area contributed by atoms with Crippen LogP contribution in [0.3, 0.4) is 0 Å². The van der Waals surface area contributed by atoms with Gasteiger partial charge >= 0.3 is 12.0 Å². The molecule has 2 aromatic rings. The van der Waals surface area contributed by atoms with Crippen molar-refractivity contribution in [3.05, 3.63) is 51.2 Å². The number of halogens is 1. The van der Waals surface area contributed by atoms with Gasteiger partial charge in [-0.25, -0.2) is 9.59 Å². The monoisotopic (exact) mass is 324 g/mol. The summed E-state index contributed by atoms with van der Waals surface area (Å²) in [7, 11) is 1.64. The summed E-state index contributed by atoms with van der Waals surface area (Å²) in [6.07, 6.45) is 0. The summed E-state index contributed by atoms with van der Waals surface area (Å²) in [5, 5.41) is 13.7. The molecule has 0 radical (unpaired) electrons. The van der Waals surface area contributed by atoms with Gasteiger partial charge in [-0.15, -0.1) is 11.3 Å². The minimum absolute atomic E-state index is 0.0845.